The minimum atomic E-state index is -0.450. The van der Waals surface area contributed by atoms with Gasteiger partial charge in [-0.15, -0.1) is 11.3 Å². The van der Waals surface area contributed by atoms with E-state index in [4.69, 9.17) is 9.47 Å². The number of hydrogen-bond donors (Lipinski definition) is 1. The molecule has 1 aromatic heterocycles. The molecule has 2 amide bonds. The number of ether oxygens (including phenoxy) is 2. The van der Waals surface area contributed by atoms with Crippen molar-refractivity contribution in [3.05, 3.63) is 70.9 Å². The third kappa shape index (κ3) is 5.06. The molecule has 0 radical (unpaired) electrons. The standard InChI is InChI=1S/C24H24N2O4S/c1-2-29-18-11-13-20(14-12-18)30-19-9-7-17(8-10-19)25-23(27)21-5-3-15-26(21)24(28)22-6-4-16-31-22/h4,6-14,16,21H,2-3,5,15H2,1H3,(H,25,27). The fourth-order valence-corrected chi connectivity index (χ4v) is 4.24. The molecule has 0 saturated carbocycles. The predicted molar refractivity (Wildman–Crippen MR) is 121 cm³/mol. The summed E-state index contributed by atoms with van der Waals surface area (Å²) in [7, 11) is 0. The molecule has 2 heterocycles. The molecule has 31 heavy (non-hydrogen) atoms. The van der Waals surface area contributed by atoms with Gasteiger partial charge in [0.25, 0.3) is 5.91 Å². The SMILES string of the molecule is CCOc1ccc(Oc2ccc(NC(=O)C3CCCN3C(=O)c3cccs3)cc2)cc1. The summed E-state index contributed by atoms with van der Waals surface area (Å²) in [6, 6.07) is 17.8. The molecule has 7 heteroatoms. The molecule has 0 aliphatic carbocycles. The van der Waals surface area contributed by atoms with Gasteiger partial charge in [0.15, 0.2) is 0 Å². The zero-order chi connectivity index (χ0) is 21.6. The van der Waals surface area contributed by atoms with E-state index >= 15 is 0 Å². The van der Waals surface area contributed by atoms with Gasteiger partial charge >= 0.3 is 0 Å². The zero-order valence-electron chi connectivity index (χ0n) is 17.2. The number of hydrogen-bond acceptors (Lipinski definition) is 5. The summed E-state index contributed by atoms with van der Waals surface area (Å²) in [5.41, 5.74) is 0.666. The van der Waals surface area contributed by atoms with Gasteiger partial charge < -0.3 is 19.7 Å². The first-order chi connectivity index (χ1) is 15.1. The molecule has 3 aromatic rings. The average Bonchev–Trinajstić information content (AvgIpc) is 3.49. The minimum Gasteiger partial charge on any atom is -0.494 e. The molecule has 2 aromatic carbocycles. The molecule has 1 aliphatic rings. The van der Waals surface area contributed by atoms with E-state index in [1.165, 1.54) is 11.3 Å². The first-order valence-electron chi connectivity index (χ1n) is 10.3. The van der Waals surface area contributed by atoms with Crippen LogP contribution in [-0.2, 0) is 4.79 Å². The summed E-state index contributed by atoms with van der Waals surface area (Å²) in [4.78, 5) is 27.8. The van der Waals surface area contributed by atoms with Crippen LogP contribution in [0, 0.1) is 0 Å². The first kappa shape index (κ1) is 20.9. The Bertz CT molecular complexity index is 1020. The van der Waals surface area contributed by atoms with Crippen molar-refractivity contribution in [3.8, 4) is 17.2 Å². The number of carbonyl (C=O) groups excluding carboxylic acids is 2. The normalized spacial score (nSPS) is 15.5. The highest BCUT2D eigenvalue weighted by Gasteiger charge is 2.34. The Morgan fingerprint density at radius 1 is 1.03 bits per heavy atom. The second-order valence-electron chi connectivity index (χ2n) is 7.15. The van der Waals surface area contributed by atoms with E-state index in [-0.39, 0.29) is 11.8 Å². The molecule has 1 saturated heterocycles. The van der Waals surface area contributed by atoms with Crippen molar-refractivity contribution in [2.75, 3.05) is 18.5 Å². The van der Waals surface area contributed by atoms with Crippen molar-refractivity contribution < 1.29 is 19.1 Å². The molecule has 6 nitrogen and oxygen atoms in total. The van der Waals surface area contributed by atoms with Crippen LogP contribution in [-0.4, -0.2) is 35.9 Å². The number of rotatable bonds is 7. The summed E-state index contributed by atoms with van der Waals surface area (Å²) in [5, 5.41) is 4.80. The Hall–Kier alpha value is -3.32. The van der Waals surface area contributed by atoms with Crippen molar-refractivity contribution >= 4 is 28.8 Å². The number of carbonyl (C=O) groups is 2. The van der Waals surface area contributed by atoms with Gasteiger partial charge in [-0.25, -0.2) is 0 Å². The van der Waals surface area contributed by atoms with E-state index in [1.807, 2.05) is 42.6 Å². The number of amides is 2. The predicted octanol–water partition coefficient (Wildman–Crippen LogP) is 5.18. The largest absolute Gasteiger partial charge is 0.494 e. The summed E-state index contributed by atoms with van der Waals surface area (Å²) < 4.78 is 11.3. The van der Waals surface area contributed by atoms with Crippen LogP contribution in [0.1, 0.15) is 29.4 Å². The second-order valence-corrected chi connectivity index (χ2v) is 8.10. The molecule has 0 bridgehead atoms. The first-order valence-corrected chi connectivity index (χ1v) is 11.2. The minimum absolute atomic E-state index is 0.0771. The molecule has 1 aliphatic heterocycles. The average molecular weight is 437 g/mol. The van der Waals surface area contributed by atoms with Crippen LogP contribution in [0.2, 0.25) is 0 Å². The molecule has 1 atom stereocenters. The highest BCUT2D eigenvalue weighted by molar-refractivity contribution is 7.12. The number of thiophene rings is 1. The van der Waals surface area contributed by atoms with Crippen LogP contribution in [0.25, 0.3) is 0 Å². The van der Waals surface area contributed by atoms with Gasteiger partial charge in [0, 0.05) is 12.2 Å². The van der Waals surface area contributed by atoms with Gasteiger partial charge in [-0.05, 0) is 79.7 Å². The smallest absolute Gasteiger partial charge is 0.264 e. The number of nitrogens with one attached hydrogen (secondary N) is 1. The molecule has 160 valence electrons. The van der Waals surface area contributed by atoms with Crippen LogP contribution < -0.4 is 14.8 Å². The van der Waals surface area contributed by atoms with Crippen molar-refractivity contribution in [2.45, 2.75) is 25.8 Å². The van der Waals surface area contributed by atoms with Crippen molar-refractivity contribution in [1.29, 1.82) is 0 Å². The summed E-state index contributed by atoms with van der Waals surface area (Å²) in [6.45, 7) is 3.16. The zero-order valence-corrected chi connectivity index (χ0v) is 18.1. The van der Waals surface area contributed by atoms with Crippen LogP contribution >= 0.6 is 11.3 Å². The quantitative estimate of drug-likeness (QED) is 0.554. The molecule has 1 N–H and O–H groups in total. The molecule has 0 spiro atoms. The molecular formula is C24H24N2O4S. The van der Waals surface area contributed by atoms with Crippen molar-refractivity contribution in [3.63, 3.8) is 0 Å². The van der Waals surface area contributed by atoms with E-state index in [1.54, 1.807) is 35.2 Å². The molecular weight excluding hydrogens is 412 g/mol. The van der Waals surface area contributed by atoms with Crippen LogP contribution in [0.3, 0.4) is 0 Å². The molecule has 1 unspecified atom stereocenters. The van der Waals surface area contributed by atoms with Crippen LogP contribution in [0.15, 0.2) is 66.0 Å². The highest BCUT2D eigenvalue weighted by Crippen LogP contribution is 2.26. The maximum absolute atomic E-state index is 12.8. The topological polar surface area (TPSA) is 67.9 Å². The lowest BCUT2D eigenvalue weighted by Gasteiger charge is -2.23. The van der Waals surface area contributed by atoms with Gasteiger partial charge in [-0.3, -0.25) is 9.59 Å². The van der Waals surface area contributed by atoms with Crippen molar-refractivity contribution in [2.24, 2.45) is 0 Å². The van der Waals surface area contributed by atoms with Gasteiger partial charge in [-0.2, -0.15) is 0 Å². The summed E-state index contributed by atoms with van der Waals surface area (Å²) >= 11 is 1.40. The van der Waals surface area contributed by atoms with Crippen LogP contribution in [0.4, 0.5) is 5.69 Å². The fourth-order valence-electron chi connectivity index (χ4n) is 3.56. The summed E-state index contributed by atoms with van der Waals surface area (Å²) in [5.74, 6) is 1.92. The van der Waals surface area contributed by atoms with Gasteiger partial charge in [0.1, 0.15) is 23.3 Å². The maximum Gasteiger partial charge on any atom is 0.264 e. The number of nitrogens with zero attached hydrogens (tertiary/aromatic N) is 1. The highest BCUT2D eigenvalue weighted by atomic mass is 32.1. The second kappa shape index (κ2) is 9.66. The van der Waals surface area contributed by atoms with E-state index in [0.29, 0.717) is 41.6 Å². The Balaban J connectivity index is 1.36. The van der Waals surface area contributed by atoms with E-state index in [2.05, 4.69) is 5.32 Å². The monoisotopic (exact) mass is 436 g/mol. The maximum atomic E-state index is 12.8. The Kier molecular flexibility index (Phi) is 6.52. The van der Waals surface area contributed by atoms with Crippen molar-refractivity contribution in [1.82, 2.24) is 4.90 Å². The molecule has 1 fully saturated rings. The van der Waals surface area contributed by atoms with E-state index in [9.17, 15) is 9.59 Å². The van der Waals surface area contributed by atoms with Gasteiger partial charge in [0.2, 0.25) is 5.91 Å². The Morgan fingerprint density at radius 2 is 1.71 bits per heavy atom. The third-order valence-corrected chi connectivity index (χ3v) is 5.90. The van der Waals surface area contributed by atoms with E-state index in [0.717, 1.165) is 12.2 Å². The molecule has 4 rings (SSSR count). The third-order valence-electron chi connectivity index (χ3n) is 5.04. The van der Waals surface area contributed by atoms with Gasteiger partial charge in [0.05, 0.1) is 11.5 Å². The van der Waals surface area contributed by atoms with Crippen LogP contribution in [0.5, 0.6) is 17.2 Å². The fraction of sp³-hybridized carbons (Fsp3) is 0.250. The number of likely N-dealkylation sites (tertiary alicyclic amines) is 1. The summed E-state index contributed by atoms with van der Waals surface area (Å²) in [6.07, 6.45) is 1.49. The lowest BCUT2D eigenvalue weighted by molar-refractivity contribution is -0.119. The van der Waals surface area contributed by atoms with E-state index < -0.39 is 6.04 Å². The lowest BCUT2D eigenvalue weighted by Crippen LogP contribution is -2.42. The number of benzene rings is 2. The van der Waals surface area contributed by atoms with Gasteiger partial charge in [-0.1, -0.05) is 6.07 Å². The Morgan fingerprint density at radius 3 is 2.35 bits per heavy atom. The lowest BCUT2D eigenvalue weighted by atomic mass is 10.2. The number of anilines is 1. The Labute approximate surface area is 185 Å².